The van der Waals surface area contributed by atoms with Crippen LogP contribution in [0.25, 0.3) is 11.3 Å². The van der Waals surface area contributed by atoms with Crippen LogP contribution in [0.2, 0.25) is 0 Å². The minimum absolute atomic E-state index is 0.177. The number of amides is 2. The Morgan fingerprint density at radius 3 is 2.38 bits per heavy atom. The van der Waals surface area contributed by atoms with Gasteiger partial charge in [-0.15, -0.1) is 0 Å². The standard InChI is InChI=1S/C20H20N4O2/c1-2-18(25)23-19(15-6-4-3-5-7-15)20(26)22-16-10-8-14(9-11-16)17-12-13-21-24-17/h3-13,19H,2H2,1H3,(H,21,24)(H,22,26)(H,23,25). The number of hydrogen-bond donors (Lipinski definition) is 3. The molecule has 0 radical (unpaired) electrons. The normalized spacial score (nSPS) is 11.6. The van der Waals surface area contributed by atoms with Crippen molar-refractivity contribution in [2.24, 2.45) is 0 Å². The molecule has 0 aliphatic heterocycles. The molecule has 0 aliphatic rings. The second-order valence-electron chi connectivity index (χ2n) is 5.80. The van der Waals surface area contributed by atoms with E-state index in [1.165, 1.54) is 0 Å². The van der Waals surface area contributed by atoms with Crippen LogP contribution in [0, 0.1) is 0 Å². The summed E-state index contributed by atoms with van der Waals surface area (Å²) >= 11 is 0. The fraction of sp³-hybridized carbons (Fsp3) is 0.150. The number of hydrogen-bond acceptors (Lipinski definition) is 3. The summed E-state index contributed by atoms with van der Waals surface area (Å²) in [5.41, 5.74) is 3.27. The molecule has 1 atom stereocenters. The number of H-pyrrole nitrogens is 1. The zero-order chi connectivity index (χ0) is 18.4. The number of aromatic amines is 1. The van der Waals surface area contributed by atoms with E-state index in [-0.39, 0.29) is 11.8 Å². The highest BCUT2D eigenvalue weighted by atomic mass is 16.2. The number of aromatic nitrogens is 2. The summed E-state index contributed by atoms with van der Waals surface area (Å²) in [7, 11) is 0. The van der Waals surface area contributed by atoms with Crippen molar-refractivity contribution in [3.05, 3.63) is 72.4 Å². The van der Waals surface area contributed by atoms with Gasteiger partial charge in [0.25, 0.3) is 5.91 Å². The quantitative estimate of drug-likeness (QED) is 0.639. The summed E-state index contributed by atoms with van der Waals surface area (Å²) in [5.74, 6) is -0.462. The Morgan fingerprint density at radius 1 is 1.04 bits per heavy atom. The van der Waals surface area contributed by atoms with Gasteiger partial charge in [0.05, 0.1) is 5.69 Å². The molecule has 1 unspecified atom stereocenters. The lowest BCUT2D eigenvalue weighted by atomic mass is 10.1. The highest BCUT2D eigenvalue weighted by molar-refractivity contribution is 5.98. The van der Waals surface area contributed by atoms with Gasteiger partial charge >= 0.3 is 0 Å². The van der Waals surface area contributed by atoms with E-state index >= 15 is 0 Å². The second-order valence-corrected chi connectivity index (χ2v) is 5.80. The smallest absolute Gasteiger partial charge is 0.251 e. The van der Waals surface area contributed by atoms with Crippen molar-refractivity contribution in [2.75, 3.05) is 5.32 Å². The lowest BCUT2D eigenvalue weighted by molar-refractivity contribution is -0.126. The molecule has 6 heteroatoms. The van der Waals surface area contributed by atoms with Crippen LogP contribution in [0.15, 0.2) is 66.9 Å². The SMILES string of the molecule is CCC(=O)NC(C(=O)Nc1ccc(-c2ccn[nH]2)cc1)c1ccccc1. The Kier molecular flexibility index (Phi) is 5.43. The molecular formula is C20H20N4O2. The zero-order valence-corrected chi connectivity index (χ0v) is 14.4. The summed E-state index contributed by atoms with van der Waals surface area (Å²) in [6.45, 7) is 1.75. The molecule has 0 saturated heterocycles. The summed E-state index contributed by atoms with van der Waals surface area (Å²) in [6.07, 6.45) is 2.00. The van der Waals surface area contributed by atoms with Crippen LogP contribution in [-0.4, -0.2) is 22.0 Å². The van der Waals surface area contributed by atoms with E-state index in [1.807, 2.05) is 60.7 Å². The molecule has 2 amide bonds. The molecule has 0 bridgehead atoms. The van der Waals surface area contributed by atoms with Crippen molar-refractivity contribution >= 4 is 17.5 Å². The minimum atomic E-state index is -0.740. The number of carbonyl (C=O) groups excluding carboxylic acids is 2. The molecule has 26 heavy (non-hydrogen) atoms. The zero-order valence-electron chi connectivity index (χ0n) is 14.4. The third-order valence-corrected chi connectivity index (χ3v) is 3.99. The molecule has 0 fully saturated rings. The van der Waals surface area contributed by atoms with Crippen LogP contribution in [0.4, 0.5) is 5.69 Å². The molecule has 0 saturated carbocycles. The van der Waals surface area contributed by atoms with E-state index in [0.29, 0.717) is 12.1 Å². The first kappa shape index (κ1) is 17.4. The Balaban J connectivity index is 1.75. The van der Waals surface area contributed by atoms with E-state index in [1.54, 1.807) is 13.1 Å². The van der Waals surface area contributed by atoms with E-state index in [2.05, 4.69) is 20.8 Å². The predicted octanol–water partition coefficient (Wildman–Crippen LogP) is 3.28. The first-order chi connectivity index (χ1) is 12.7. The summed E-state index contributed by atoms with van der Waals surface area (Å²) in [5, 5.41) is 12.5. The molecule has 6 nitrogen and oxygen atoms in total. The molecule has 1 heterocycles. The molecule has 3 rings (SSSR count). The Hall–Kier alpha value is -3.41. The first-order valence-electron chi connectivity index (χ1n) is 8.42. The van der Waals surface area contributed by atoms with E-state index in [9.17, 15) is 9.59 Å². The molecule has 2 aromatic carbocycles. The Bertz CT molecular complexity index is 859. The number of nitrogens with one attached hydrogen (secondary N) is 3. The van der Waals surface area contributed by atoms with Gasteiger partial charge in [-0.25, -0.2) is 0 Å². The highest BCUT2D eigenvalue weighted by Gasteiger charge is 2.22. The third-order valence-electron chi connectivity index (χ3n) is 3.99. The fourth-order valence-electron chi connectivity index (χ4n) is 2.57. The lowest BCUT2D eigenvalue weighted by Crippen LogP contribution is -2.36. The molecule has 0 spiro atoms. The molecule has 0 aliphatic carbocycles. The van der Waals surface area contributed by atoms with Crippen LogP contribution in [0.5, 0.6) is 0 Å². The Morgan fingerprint density at radius 2 is 1.77 bits per heavy atom. The number of carbonyl (C=O) groups is 2. The minimum Gasteiger partial charge on any atom is -0.341 e. The molecule has 3 aromatic rings. The van der Waals surface area contributed by atoms with Gasteiger partial charge in [0, 0.05) is 18.3 Å². The summed E-state index contributed by atoms with van der Waals surface area (Å²) in [6, 6.07) is 17.7. The van der Waals surface area contributed by atoms with Gasteiger partial charge in [-0.05, 0) is 29.3 Å². The predicted molar refractivity (Wildman–Crippen MR) is 100 cm³/mol. The summed E-state index contributed by atoms with van der Waals surface area (Å²) in [4.78, 5) is 24.6. The van der Waals surface area contributed by atoms with Gasteiger partial charge in [-0.1, -0.05) is 49.4 Å². The maximum absolute atomic E-state index is 12.7. The number of benzene rings is 2. The molecule has 3 N–H and O–H groups in total. The van der Waals surface area contributed by atoms with Crippen molar-refractivity contribution in [3.63, 3.8) is 0 Å². The second kappa shape index (κ2) is 8.11. The van der Waals surface area contributed by atoms with Crippen LogP contribution in [-0.2, 0) is 9.59 Å². The average Bonchev–Trinajstić information content (AvgIpc) is 3.22. The number of nitrogens with zero attached hydrogens (tertiary/aromatic N) is 1. The van der Waals surface area contributed by atoms with Gasteiger partial charge < -0.3 is 10.6 Å². The van der Waals surface area contributed by atoms with Gasteiger partial charge in [0.1, 0.15) is 6.04 Å². The molecule has 1 aromatic heterocycles. The van der Waals surface area contributed by atoms with Crippen molar-refractivity contribution in [1.82, 2.24) is 15.5 Å². The topological polar surface area (TPSA) is 86.9 Å². The molecular weight excluding hydrogens is 328 g/mol. The first-order valence-corrected chi connectivity index (χ1v) is 8.42. The van der Waals surface area contributed by atoms with Crippen LogP contribution in [0.3, 0.4) is 0 Å². The van der Waals surface area contributed by atoms with Gasteiger partial charge in [0.15, 0.2) is 0 Å². The van der Waals surface area contributed by atoms with Crippen molar-refractivity contribution in [3.8, 4) is 11.3 Å². The van der Waals surface area contributed by atoms with E-state index < -0.39 is 6.04 Å². The fourth-order valence-corrected chi connectivity index (χ4v) is 2.57. The van der Waals surface area contributed by atoms with Gasteiger partial charge in [0.2, 0.25) is 5.91 Å². The van der Waals surface area contributed by atoms with Crippen molar-refractivity contribution in [2.45, 2.75) is 19.4 Å². The molecule has 132 valence electrons. The average molecular weight is 348 g/mol. The maximum atomic E-state index is 12.7. The van der Waals surface area contributed by atoms with Crippen LogP contribution < -0.4 is 10.6 Å². The number of rotatable bonds is 6. The van der Waals surface area contributed by atoms with Crippen molar-refractivity contribution in [1.29, 1.82) is 0 Å². The lowest BCUT2D eigenvalue weighted by Gasteiger charge is -2.18. The van der Waals surface area contributed by atoms with Gasteiger partial charge in [-0.2, -0.15) is 5.10 Å². The van der Waals surface area contributed by atoms with Crippen molar-refractivity contribution < 1.29 is 9.59 Å². The summed E-state index contributed by atoms with van der Waals surface area (Å²) < 4.78 is 0. The van der Waals surface area contributed by atoms with Gasteiger partial charge in [-0.3, -0.25) is 14.7 Å². The largest absolute Gasteiger partial charge is 0.341 e. The number of anilines is 1. The van der Waals surface area contributed by atoms with Crippen LogP contribution >= 0.6 is 0 Å². The van der Waals surface area contributed by atoms with E-state index in [0.717, 1.165) is 16.8 Å². The third kappa shape index (κ3) is 4.16. The maximum Gasteiger partial charge on any atom is 0.251 e. The Labute approximate surface area is 151 Å². The highest BCUT2D eigenvalue weighted by Crippen LogP contribution is 2.20. The van der Waals surface area contributed by atoms with Crippen LogP contribution in [0.1, 0.15) is 24.9 Å². The van der Waals surface area contributed by atoms with E-state index in [4.69, 9.17) is 0 Å². The monoisotopic (exact) mass is 348 g/mol.